The fourth-order valence-electron chi connectivity index (χ4n) is 4.85. The molecular formula is C29H37NO6SSi. The summed E-state index contributed by atoms with van der Waals surface area (Å²) in [7, 11) is -5.96. The molecular weight excluding hydrogens is 518 g/mol. The van der Waals surface area contributed by atoms with Crippen molar-refractivity contribution in [1.29, 1.82) is 0 Å². The number of ether oxygens (including phenoxy) is 1. The topological polar surface area (TPSA) is 95.7 Å². The maximum Gasteiger partial charge on any atom is 0.273 e. The van der Waals surface area contributed by atoms with Crippen LogP contribution in [0.5, 0.6) is 5.75 Å². The summed E-state index contributed by atoms with van der Waals surface area (Å²) in [6.07, 6.45) is 2.26. The molecule has 0 bridgehead atoms. The first-order chi connectivity index (χ1) is 17.8. The number of rotatable bonds is 12. The predicted molar refractivity (Wildman–Crippen MR) is 155 cm³/mol. The molecule has 204 valence electrons. The van der Waals surface area contributed by atoms with Gasteiger partial charge in [0.25, 0.3) is 14.0 Å². The van der Waals surface area contributed by atoms with Crippen LogP contribution in [0.2, 0.25) is 5.04 Å². The zero-order valence-electron chi connectivity index (χ0n) is 22.7. The molecule has 3 aromatic carbocycles. The Morgan fingerprint density at radius 1 is 0.947 bits per heavy atom. The van der Waals surface area contributed by atoms with Gasteiger partial charge in [-0.15, -0.1) is 0 Å². The molecule has 3 rings (SSSR count). The second-order valence-electron chi connectivity index (χ2n) is 10.7. The van der Waals surface area contributed by atoms with Crippen LogP contribution in [0.1, 0.15) is 46.1 Å². The van der Waals surface area contributed by atoms with Crippen LogP contribution in [-0.4, -0.2) is 40.6 Å². The third kappa shape index (κ3) is 7.52. The van der Waals surface area contributed by atoms with Crippen molar-refractivity contribution >= 4 is 34.2 Å². The van der Waals surface area contributed by atoms with Gasteiger partial charge in [0.1, 0.15) is 5.75 Å². The minimum atomic E-state index is -3.35. The molecule has 0 spiro atoms. The van der Waals surface area contributed by atoms with Crippen LogP contribution in [-0.2, 0) is 20.0 Å². The Kier molecular flexibility index (Phi) is 9.51. The first-order valence-electron chi connectivity index (χ1n) is 12.7. The van der Waals surface area contributed by atoms with Crippen LogP contribution < -0.4 is 15.1 Å². The normalized spacial score (nSPS) is 13.2. The van der Waals surface area contributed by atoms with E-state index in [4.69, 9.17) is 9.16 Å². The van der Waals surface area contributed by atoms with Crippen molar-refractivity contribution in [3.05, 3.63) is 94.5 Å². The first kappa shape index (κ1) is 29.5. The average molecular weight is 556 g/mol. The highest BCUT2D eigenvalue weighted by molar-refractivity contribution is 7.89. The van der Waals surface area contributed by atoms with Crippen LogP contribution in [0.15, 0.2) is 78.9 Å². The van der Waals surface area contributed by atoms with E-state index in [1.54, 1.807) is 6.07 Å². The van der Waals surface area contributed by atoms with Crippen LogP contribution >= 0.6 is 0 Å². The van der Waals surface area contributed by atoms with Crippen LogP contribution in [0, 0.1) is 10.1 Å². The summed E-state index contributed by atoms with van der Waals surface area (Å²) >= 11 is 0. The van der Waals surface area contributed by atoms with Crippen molar-refractivity contribution in [3.8, 4) is 5.75 Å². The molecule has 0 amide bonds. The van der Waals surface area contributed by atoms with Crippen molar-refractivity contribution in [2.75, 3.05) is 12.9 Å². The Labute approximate surface area is 227 Å². The fourth-order valence-corrected chi connectivity index (χ4v) is 10.2. The van der Waals surface area contributed by atoms with Gasteiger partial charge in [0, 0.05) is 18.9 Å². The lowest BCUT2D eigenvalue weighted by molar-refractivity contribution is -0.385. The number of nitro groups is 1. The standard InChI is InChI=1S/C29H37NO6SSi/c1-23(36-26-20-24(22-37(5,33)34)19-25(21-26)30(31)32)13-12-18-35-38(29(2,3)4,27-14-8-6-9-15-27)28-16-10-7-11-17-28/h6-11,14-17,19-21,23H,12-13,18,22H2,1-5H3. The monoisotopic (exact) mass is 555 g/mol. The van der Waals surface area contributed by atoms with Gasteiger partial charge in [-0.05, 0) is 46.8 Å². The van der Waals surface area contributed by atoms with Gasteiger partial charge < -0.3 is 9.16 Å². The van der Waals surface area contributed by atoms with E-state index in [2.05, 4.69) is 69.3 Å². The molecule has 0 aliphatic carbocycles. The maximum atomic E-state index is 11.7. The molecule has 0 heterocycles. The summed E-state index contributed by atoms with van der Waals surface area (Å²) in [5.74, 6) is 0.00408. The summed E-state index contributed by atoms with van der Waals surface area (Å²) in [6, 6.07) is 25.1. The van der Waals surface area contributed by atoms with Gasteiger partial charge >= 0.3 is 0 Å². The lowest BCUT2D eigenvalue weighted by Crippen LogP contribution is -2.66. The van der Waals surface area contributed by atoms with Crippen molar-refractivity contribution in [2.24, 2.45) is 0 Å². The quantitative estimate of drug-likeness (QED) is 0.131. The van der Waals surface area contributed by atoms with Gasteiger partial charge in [0.15, 0.2) is 9.84 Å². The van der Waals surface area contributed by atoms with Crippen LogP contribution in [0.4, 0.5) is 5.69 Å². The van der Waals surface area contributed by atoms with Crippen molar-refractivity contribution in [3.63, 3.8) is 0 Å². The van der Waals surface area contributed by atoms with Crippen LogP contribution in [0.25, 0.3) is 0 Å². The smallest absolute Gasteiger partial charge is 0.273 e. The Balaban J connectivity index is 1.74. The minimum Gasteiger partial charge on any atom is -0.490 e. The summed E-state index contributed by atoms with van der Waals surface area (Å²) in [5.41, 5.74) is 0.141. The SMILES string of the molecule is CC(CCCO[Si](c1ccccc1)(c1ccccc1)C(C)(C)C)Oc1cc(CS(C)(=O)=O)cc([N+](=O)[O-])c1. The second kappa shape index (κ2) is 12.2. The largest absolute Gasteiger partial charge is 0.490 e. The Morgan fingerprint density at radius 2 is 1.50 bits per heavy atom. The van der Waals surface area contributed by atoms with E-state index in [9.17, 15) is 18.5 Å². The molecule has 1 atom stereocenters. The molecule has 3 aromatic rings. The zero-order chi connectivity index (χ0) is 28.0. The van der Waals surface area contributed by atoms with Crippen molar-refractivity contribution in [1.82, 2.24) is 0 Å². The van der Waals surface area contributed by atoms with E-state index in [1.807, 2.05) is 19.1 Å². The number of nitrogens with zero attached hydrogens (tertiary/aromatic N) is 1. The third-order valence-corrected chi connectivity index (χ3v) is 12.3. The summed E-state index contributed by atoms with van der Waals surface area (Å²) in [5, 5.41) is 13.7. The summed E-state index contributed by atoms with van der Waals surface area (Å²) in [6.45, 7) is 9.15. The molecule has 0 radical (unpaired) electrons. The summed E-state index contributed by atoms with van der Waals surface area (Å²) in [4.78, 5) is 10.8. The van der Waals surface area contributed by atoms with Crippen molar-refractivity contribution in [2.45, 2.75) is 57.4 Å². The maximum absolute atomic E-state index is 11.7. The number of hydrogen-bond donors (Lipinski definition) is 0. The highest BCUT2D eigenvalue weighted by atomic mass is 32.2. The molecule has 0 aromatic heterocycles. The molecule has 0 aliphatic rings. The zero-order valence-corrected chi connectivity index (χ0v) is 24.5. The number of nitro benzene ring substituents is 1. The Bertz CT molecular complexity index is 1280. The minimum absolute atomic E-state index is 0.114. The van der Waals surface area contributed by atoms with Gasteiger partial charge in [-0.1, -0.05) is 81.4 Å². The van der Waals surface area contributed by atoms with Gasteiger partial charge in [0.2, 0.25) is 0 Å². The molecule has 0 saturated carbocycles. The van der Waals surface area contributed by atoms with Crippen molar-refractivity contribution < 1.29 is 22.5 Å². The average Bonchev–Trinajstić information content (AvgIpc) is 2.83. The molecule has 1 unspecified atom stereocenters. The Hall–Kier alpha value is -3.01. The third-order valence-electron chi connectivity index (χ3n) is 6.42. The molecule has 0 aliphatic heterocycles. The van der Waals surface area contributed by atoms with E-state index in [0.717, 1.165) is 12.7 Å². The van der Waals surface area contributed by atoms with Gasteiger partial charge in [-0.3, -0.25) is 10.1 Å². The number of sulfone groups is 1. The second-order valence-corrected chi connectivity index (χ2v) is 17.2. The number of benzene rings is 3. The van der Waals surface area contributed by atoms with E-state index in [-0.39, 0.29) is 22.6 Å². The molecule has 0 fully saturated rings. The molecule has 7 nitrogen and oxygen atoms in total. The molecule has 0 saturated heterocycles. The highest BCUT2D eigenvalue weighted by Gasteiger charge is 2.49. The molecule has 9 heteroatoms. The van der Waals surface area contributed by atoms with E-state index in [1.165, 1.54) is 22.5 Å². The fraction of sp³-hybridized carbons (Fsp3) is 0.379. The van der Waals surface area contributed by atoms with Gasteiger partial charge in [0.05, 0.1) is 22.8 Å². The lowest BCUT2D eigenvalue weighted by Gasteiger charge is -2.43. The Morgan fingerprint density at radius 3 is 1.97 bits per heavy atom. The first-order valence-corrected chi connectivity index (χ1v) is 16.7. The molecule has 0 N–H and O–H groups in total. The van der Waals surface area contributed by atoms with Crippen LogP contribution in [0.3, 0.4) is 0 Å². The molecule has 38 heavy (non-hydrogen) atoms. The highest BCUT2D eigenvalue weighted by Crippen LogP contribution is 2.37. The van der Waals surface area contributed by atoms with Gasteiger partial charge in [-0.2, -0.15) is 0 Å². The van der Waals surface area contributed by atoms with E-state index >= 15 is 0 Å². The summed E-state index contributed by atoms with van der Waals surface area (Å²) < 4.78 is 36.4. The van der Waals surface area contributed by atoms with E-state index < -0.39 is 23.1 Å². The lowest BCUT2D eigenvalue weighted by atomic mass is 10.2. The number of non-ortho nitro benzene ring substituents is 1. The number of hydrogen-bond acceptors (Lipinski definition) is 6. The predicted octanol–water partition coefficient (Wildman–Crippen LogP) is 5.26. The van der Waals surface area contributed by atoms with Gasteiger partial charge in [-0.25, -0.2) is 8.42 Å². The van der Waals surface area contributed by atoms with E-state index in [0.29, 0.717) is 24.3 Å².